The summed E-state index contributed by atoms with van der Waals surface area (Å²) in [6.07, 6.45) is 4.45. The normalized spacial score (nSPS) is 12.5. The molecule has 2 amide bonds. The summed E-state index contributed by atoms with van der Waals surface area (Å²) in [6.45, 7) is 1.29. The number of amides is 2. The van der Waals surface area contributed by atoms with Crippen molar-refractivity contribution in [2.24, 2.45) is 5.73 Å². The number of nitrogens with one attached hydrogen (secondary N) is 1. The number of ether oxygens (including phenoxy) is 2. The minimum absolute atomic E-state index is 0.0194. The van der Waals surface area contributed by atoms with Gasteiger partial charge in [-0.3, -0.25) is 19.5 Å². The van der Waals surface area contributed by atoms with Crippen LogP contribution in [0.3, 0.4) is 0 Å². The topological polar surface area (TPSA) is 136 Å². The second-order valence-corrected chi connectivity index (χ2v) is 7.32. The number of aromatic nitrogens is 2. The molecule has 0 unspecified atom stereocenters. The summed E-state index contributed by atoms with van der Waals surface area (Å²) < 4.78 is 16.2. The Kier molecular flexibility index (Phi) is 6.13. The third kappa shape index (κ3) is 4.17. The fraction of sp³-hybridized carbons (Fsp3) is 0.273. The lowest BCUT2D eigenvalue weighted by atomic mass is 10.1. The van der Waals surface area contributed by atoms with Crippen LogP contribution in [0.5, 0.6) is 11.5 Å². The van der Waals surface area contributed by atoms with Gasteiger partial charge in [-0.2, -0.15) is 0 Å². The molecule has 0 saturated carbocycles. The number of nitrogens with zero attached hydrogens (tertiary/aromatic N) is 4. The van der Waals surface area contributed by atoms with E-state index >= 15 is 0 Å². The Morgan fingerprint density at radius 1 is 1.27 bits per heavy atom. The molecule has 11 nitrogen and oxygen atoms in total. The monoisotopic (exact) mass is 452 g/mol. The Morgan fingerprint density at radius 2 is 2.03 bits per heavy atom. The van der Waals surface area contributed by atoms with E-state index in [0.717, 1.165) is 11.3 Å². The van der Waals surface area contributed by atoms with Gasteiger partial charge < -0.3 is 29.8 Å². The molecular formula is C22H24N6O5. The van der Waals surface area contributed by atoms with E-state index < -0.39 is 5.91 Å². The molecule has 3 N–H and O–H groups in total. The van der Waals surface area contributed by atoms with Gasteiger partial charge in [0.2, 0.25) is 5.76 Å². The minimum Gasteiger partial charge on any atom is -0.493 e. The van der Waals surface area contributed by atoms with Crippen LogP contribution in [0.4, 0.5) is 17.4 Å². The van der Waals surface area contributed by atoms with Crippen molar-refractivity contribution < 1.29 is 23.5 Å². The van der Waals surface area contributed by atoms with Crippen LogP contribution in [0.25, 0.3) is 0 Å². The number of oxazole rings is 1. The van der Waals surface area contributed by atoms with E-state index in [4.69, 9.17) is 19.6 Å². The van der Waals surface area contributed by atoms with Crippen molar-refractivity contribution in [2.75, 3.05) is 49.5 Å². The maximum Gasteiger partial charge on any atom is 0.305 e. The Bertz CT molecular complexity index is 1190. The zero-order valence-electron chi connectivity index (χ0n) is 18.5. The molecule has 2 aromatic heterocycles. The molecular weight excluding hydrogens is 428 g/mol. The van der Waals surface area contributed by atoms with Gasteiger partial charge in [0.05, 0.1) is 44.5 Å². The van der Waals surface area contributed by atoms with E-state index in [2.05, 4.69) is 15.3 Å². The van der Waals surface area contributed by atoms with Gasteiger partial charge in [0, 0.05) is 31.9 Å². The van der Waals surface area contributed by atoms with Gasteiger partial charge in [0.25, 0.3) is 11.8 Å². The molecule has 33 heavy (non-hydrogen) atoms. The quantitative estimate of drug-likeness (QED) is 0.525. The van der Waals surface area contributed by atoms with Crippen LogP contribution >= 0.6 is 0 Å². The number of rotatable bonds is 8. The molecule has 1 aliphatic heterocycles. The van der Waals surface area contributed by atoms with Crippen molar-refractivity contribution in [3.63, 3.8) is 0 Å². The number of hydrogen-bond acceptors (Lipinski definition) is 9. The molecule has 0 atom stereocenters. The Balaban J connectivity index is 1.53. The van der Waals surface area contributed by atoms with Crippen molar-refractivity contribution >= 4 is 29.2 Å². The van der Waals surface area contributed by atoms with E-state index in [9.17, 15) is 9.59 Å². The zero-order chi connectivity index (χ0) is 23.5. The van der Waals surface area contributed by atoms with E-state index in [1.165, 1.54) is 25.3 Å². The molecule has 0 spiro atoms. The predicted octanol–water partition coefficient (Wildman–Crippen LogP) is 1.89. The standard InChI is InChI=1S/C22H24N6O5/c1-27(7-5-23)16-4-6-24-10-15(16)26-20(29)19-11-25-22(33-19)28-12-13-8-17(31-2)18(32-3)9-14(13)21(28)30/h4,6,8-11H,5,7,12,23H2,1-3H3,(H,26,29). The van der Waals surface area contributed by atoms with Gasteiger partial charge in [-0.05, 0) is 23.8 Å². The number of benzene rings is 1. The average Bonchev–Trinajstić information content (AvgIpc) is 3.43. The highest BCUT2D eigenvalue weighted by molar-refractivity contribution is 6.10. The maximum atomic E-state index is 12.9. The Hall–Kier alpha value is -4.12. The summed E-state index contributed by atoms with van der Waals surface area (Å²) in [7, 11) is 4.89. The lowest BCUT2D eigenvalue weighted by Gasteiger charge is -2.21. The van der Waals surface area contributed by atoms with E-state index in [1.54, 1.807) is 30.6 Å². The number of methoxy groups -OCH3 is 2. The van der Waals surface area contributed by atoms with Crippen molar-refractivity contribution in [3.8, 4) is 11.5 Å². The molecule has 0 aliphatic carbocycles. The van der Waals surface area contributed by atoms with Crippen LogP contribution in [0, 0.1) is 0 Å². The number of likely N-dealkylation sites (N-methyl/N-ethyl adjacent to an activating group) is 1. The Labute approximate surface area is 190 Å². The molecule has 1 aliphatic rings. The molecule has 3 aromatic rings. The van der Waals surface area contributed by atoms with Crippen LogP contribution in [0.15, 0.2) is 41.2 Å². The van der Waals surface area contributed by atoms with Gasteiger partial charge in [-0.25, -0.2) is 4.98 Å². The number of pyridine rings is 1. The third-order valence-corrected chi connectivity index (χ3v) is 5.28. The highest BCUT2D eigenvalue weighted by Gasteiger charge is 2.33. The summed E-state index contributed by atoms with van der Waals surface area (Å²) in [5, 5.41) is 2.77. The Morgan fingerprint density at radius 3 is 2.76 bits per heavy atom. The maximum absolute atomic E-state index is 12.9. The summed E-state index contributed by atoms with van der Waals surface area (Å²) >= 11 is 0. The zero-order valence-corrected chi connectivity index (χ0v) is 18.5. The number of carbonyl (C=O) groups is 2. The van der Waals surface area contributed by atoms with Crippen molar-refractivity contribution in [2.45, 2.75) is 6.54 Å². The first-order chi connectivity index (χ1) is 16.0. The van der Waals surface area contributed by atoms with Crippen LogP contribution in [0.1, 0.15) is 26.5 Å². The predicted molar refractivity (Wildman–Crippen MR) is 121 cm³/mol. The van der Waals surface area contributed by atoms with Crippen molar-refractivity contribution in [1.29, 1.82) is 0 Å². The highest BCUT2D eigenvalue weighted by Crippen LogP contribution is 2.36. The largest absolute Gasteiger partial charge is 0.493 e. The first kappa shape index (κ1) is 22.1. The van der Waals surface area contributed by atoms with Crippen LogP contribution < -0.4 is 30.3 Å². The van der Waals surface area contributed by atoms with Crippen LogP contribution in [-0.2, 0) is 6.54 Å². The van der Waals surface area contributed by atoms with Gasteiger partial charge in [0.15, 0.2) is 11.5 Å². The van der Waals surface area contributed by atoms with Crippen LogP contribution in [0.2, 0.25) is 0 Å². The first-order valence-electron chi connectivity index (χ1n) is 10.2. The van der Waals surface area contributed by atoms with Gasteiger partial charge in [-0.1, -0.05) is 0 Å². The lowest BCUT2D eigenvalue weighted by Crippen LogP contribution is -2.26. The molecule has 0 radical (unpaired) electrons. The van der Waals surface area contributed by atoms with Crippen molar-refractivity contribution in [1.82, 2.24) is 9.97 Å². The van der Waals surface area contributed by atoms with E-state index in [0.29, 0.717) is 35.8 Å². The van der Waals surface area contributed by atoms with Gasteiger partial charge >= 0.3 is 6.01 Å². The first-order valence-corrected chi connectivity index (χ1v) is 10.2. The molecule has 11 heteroatoms. The number of anilines is 3. The SMILES string of the molecule is COc1cc2c(cc1OC)C(=O)N(c1ncc(C(=O)Nc3cnccc3N(C)CCN)o1)C2. The molecule has 172 valence electrons. The van der Waals surface area contributed by atoms with E-state index in [-0.39, 0.29) is 24.2 Å². The second-order valence-electron chi connectivity index (χ2n) is 7.32. The summed E-state index contributed by atoms with van der Waals surface area (Å²) in [6, 6.07) is 5.16. The number of fused-ring (bicyclic) bond motifs is 1. The highest BCUT2D eigenvalue weighted by atomic mass is 16.5. The molecule has 3 heterocycles. The second kappa shape index (κ2) is 9.17. The van der Waals surface area contributed by atoms with Gasteiger partial charge in [0.1, 0.15) is 0 Å². The number of nitrogens with two attached hydrogens (primary N) is 1. The molecule has 0 bridgehead atoms. The van der Waals surface area contributed by atoms with Crippen LogP contribution in [-0.4, -0.2) is 56.1 Å². The average molecular weight is 452 g/mol. The van der Waals surface area contributed by atoms with E-state index in [1.807, 2.05) is 11.9 Å². The fourth-order valence-corrected chi connectivity index (χ4v) is 3.60. The van der Waals surface area contributed by atoms with Gasteiger partial charge in [-0.15, -0.1) is 0 Å². The molecule has 0 fully saturated rings. The molecule has 4 rings (SSSR count). The summed E-state index contributed by atoms with van der Waals surface area (Å²) in [5.74, 6) is 0.102. The fourth-order valence-electron chi connectivity index (χ4n) is 3.60. The molecule has 0 saturated heterocycles. The smallest absolute Gasteiger partial charge is 0.305 e. The number of hydrogen-bond donors (Lipinski definition) is 2. The lowest BCUT2D eigenvalue weighted by molar-refractivity contribution is 0.0974. The summed E-state index contributed by atoms with van der Waals surface area (Å²) in [5.41, 5.74) is 8.09. The number of carbonyl (C=O) groups excluding carboxylic acids is 2. The third-order valence-electron chi connectivity index (χ3n) is 5.28. The molecule has 1 aromatic carbocycles. The minimum atomic E-state index is -0.517. The summed E-state index contributed by atoms with van der Waals surface area (Å²) in [4.78, 5) is 37.2. The van der Waals surface area contributed by atoms with Crippen molar-refractivity contribution in [3.05, 3.63) is 53.7 Å².